The summed E-state index contributed by atoms with van der Waals surface area (Å²) in [5.41, 5.74) is 5.20. The Morgan fingerprint density at radius 3 is 2.25 bits per heavy atom. The quantitative estimate of drug-likeness (QED) is 0.581. The zero-order valence-electron chi connectivity index (χ0n) is 18.4. The summed E-state index contributed by atoms with van der Waals surface area (Å²) in [6.45, 7) is 0.0901. The molecule has 3 N–H and O–H groups in total. The zero-order chi connectivity index (χ0) is 22.8. The number of hydrogen-bond donors (Lipinski definition) is 2. The molecule has 32 heavy (non-hydrogen) atoms. The second kappa shape index (κ2) is 9.14. The van der Waals surface area contributed by atoms with Crippen molar-refractivity contribution in [3.63, 3.8) is 0 Å². The Labute approximate surface area is 189 Å². The number of nitrogens with two attached hydrogens (primary N) is 1. The Bertz CT molecular complexity index is 946. The number of rotatable bonds is 9. The minimum absolute atomic E-state index is 0.0261. The zero-order valence-corrected chi connectivity index (χ0v) is 19.3. The van der Waals surface area contributed by atoms with E-state index in [0.29, 0.717) is 23.7 Å². The van der Waals surface area contributed by atoms with E-state index in [9.17, 15) is 17.6 Å². The van der Waals surface area contributed by atoms with Gasteiger partial charge in [-0.25, -0.2) is 12.8 Å². The largest absolute Gasteiger partial charge is 0.489 e. The molecule has 4 saturated carbocycles. The summed E-state index contributed by atoms with van der Waals surface area (Å²) in [5.74, 6) is 0.768. The molecule has 5 rings (SSSR count). The van der Waals surface area contributed by atoms with Gasteiger partial charge in [-0.15, -0.1) is 0 Å². The van der Waals surface area contributed by atoms with E-state index in [1.54, 1.807) is 24.3 Å². The lowest BCUT2D eigenvalue weighted by Crippen LogP contribution is -2.54. The van der Waals surface area contributed by atoms with Crippen molar-refractivity contribution in [1.29, 1.82) is 0 Å². The molecule has 8 heteroatoms. The van der Waals surface area contributed by atoms with E-state index < -0.39 is 9.84 Å². The van der Waals surface area contributed by atoms with E-state index in [-0.39, 0.29) is 40.5 Å². The molecule has 0 aliphatic heterocycles. The molecule has 1 amide bonds. The fourth-order valence-electron chi connectivity index (χ4n) is 5.25. The molecule has 0 unspecified atom stereocenters. The first-order valence-corrected chi connectivity index (χ1v) is 13.2. The molecule has 0 spiro atoms. The Hall–Kier alpha value is -1.93. The highest BCUT2D eigenvalue weighted by Gasteiger charge is 2.53. The summed E-state index contributed by atoms with van der Waals surface area (Å²) in [6, 6.07) is 6.62. The van der Waals surface area contributed by atoms with E-state index in [4.69, 9.17) is 10.5 Å². The van der Waals surface area contributed by atoms with Gasteiger partial charge in [0, 0.05) is 23.6 Å². The van der Waals surface area contributed by atoms with Gasteiger partial charge in [-0.2, -0.15) is 0 Å². The normalized spacial score (nSPS) is 28.2. The summed E-state index contributed by atoms with van der Waals surface area (Å²) in [6.07, 6.45) is 8.45. The number of carbonyl (C=O) groups excluding carboxylic acids is 1. The maximum atomic E-state index is 13.2. The van der Waals surface area contributed by atoms with Crippen LogP contribution in [0.25, 0.3) is 0 Å². The first-order valence-electron chi connectivity index (χ1n) is 11.5. The minimum atomic E-state index is -3.46. The molecule has 4 aliphatic carbocycles. The lowest BCUT2D eigenvalue weighted by atomic mass is 9.54. The molecule has 4 aliphatic rings. The predicted molar refractivity (Wildman–Crippen MR) is 121 cm³/mol. The summed E-state index contributed by atoms with van der Waals surface area (Å²) in [5, 5.41) is 3.22. The number of carbonyl (C=O) groups is 1. The van der Waals surface area contributed by atoms with E-state index in [0.717, 1.165) is 51.4 Å². The topological polar surface area (TPSA) is 98.5 Å². The van der Waals surface area contributed by atoms with Crippen LogP contribution in [0, 0.1) is 10.8 Å². The van der Waals surface area contributed by atoms with Gasteiger partial charge in [-0.3, -0.25) is 4.79 Å². The van der Waals surface area contributed by atoms with E-state index in [1.165, 1.54) is 6.42 Å². The number of halogens is 1. The van der Waals surface area contributed by atoms with Crippen LogP contribution in [-0.4, -0.2) is 39.3 Å². The van der Waals surface area contributed by atoms with Crippen molar-refractivity contribution in [1.82, 2.24) is 5.32 Å². The van der Waals surface area contributed by atoms with Crippen molar-refractivity contribution in [2.24, 2.45) is 16.6 Å². The number of hydrogen-bond acceptors (Lipinski definition) is 5. The molecular weight excluding hydrogens is 431 g/mol. The number of amides is 1. The van der Waals surface area contributed by atoms with Crippen molar-refractivity contribution in [3.05, 3.63) is 36.2 Å². The average molecular weight is 465 g/mol. The van der Waals surface area contributed by atoms with Crippen LogP contribution in [0.5, 0.6) is 5.75 Å². The number of benzene rings is 1. The molecule has 0 saturated heterocycles. The van der Waals surface area contributed by atoms with Crippen LogP contribution in [-0.2, 0) is 14.6 Å². The second-order valence-electron chi connectivity index (χ2n) is 9.87. The molecule has 4 fully saturated rings. The van der Waals surface area contributed by atoms with Crippen molar-refractivity contribution in [3.8, 4) is 5.75 Å². The van der Waals surface area contributed by atoms with Crippen LogP contribution in [0.2, 0.25) is 0 Å². The standard InChI is InChI=1S/C24H33FN2O4S/c25-14-18(15-26)16-31-20-4-6-21(7-5-20)32(29,30)17-23-8-11-24(12-9-23,13-10-23)22(28)27-19-2-1-3-19/h4-7,14,19H,1-3,8-13,15-17,26H2,(H,27,28)/b18-14-. The molecular formula is C24H33FN2O4S. The SMILES string of the molecule is NC/C(=C/F)COc1ccc(S(=O)(=O)CC23CCC(C(=O)NC4CCC4)(CC2)CC3)cc1. The van der Waals surface area contributed by atoms with Crippen molar-refractivity contribution >= 4 is 15.7 Å². The highest BCUT2D eigenvalue weighted by molar-refractivity contribution is 7.91. The molecule has 176 valence electrons. The highest BCUT2D eigenvalue weighted by Crippen LogP contribution is 2.57. The lowest BCUT2D eigenvalue weighted by molar-refractivity contribution is -0.141. The molecule has 2 bridgehead atoms. The van der Waals surface area contributed by atoms with Gasteiger partial charge in [0.25, 0.3) is 0 Å². The summed E-state index contributed by atoms with van der Waals surface area (Å²) in [4.78, 5) is 13.2. The van der Waals surface area contributed by atoms with Crippen molar-refractivity contribution < 1.29 is 22.3 Å². The van der Waals surface area contributed by atoms with Gasteiger partial charge in [0.1, 0.15) is 12.4 Å². The Morgan fingerprint density at radius 1 is 1.12 bits per heavy atom. The van der Waals surface area contributed by atoms with Gasteiger partial charge in [0.2, 0.25) is 5.91 Å². The molecule has 1 aromatic rings. The van der Waals surface area contributed by atoms with E-state index in [1.807, 2.05) is 0 Å². The Kier molecular flexibility index (Phi) is 6.63. The summed E-state index contributed by atoms with van der Waals surface area (Å²) < 4.78 is 44.4. The fourth-order valence-corrected chi connectivity index (χ4v) is 7.21. The fraction of sp³-hybridized carbons (Fsp3) is 0.625. The number of ether oxygens (including phenoxy) is 1. The smallest absolute Gasteiger partial charge is 0.226 e. The molecule has 6 nitrogen and oxygen atoms in total. The Morgan fingerprint density at radius 2 is 1.75 bits per heavy atom. The van der Waals surface area contributed by atoms with Gasteiger partial charge < -0.3 is 15.8 Å². The van der Waals surface area contributed by atoms with Crippen LogP contribution in [0.15, 0.2) is 41.1 Å². The van der Waals surface area contributed by atoms with Gasteiger partial charge in [0.15, 0.2) is 9.84 Å². The van der Waals surface area contributed by atoms with Gasteiger partial charge in [-0.1, -0.05) is 0 Å². The van der Waals surface area contributed by atoms with Crippen LogP contribution < -0.4 is 15.8 Å². The average Bonchev–Trinajstić information content (AvgIpc) is 2.78. The Balaban J connectivity index is 1.36. The van der Waals surface area contributed by atoms with Crippen molar-refractivity contribution in [2.75, 3.05) is 18.9 Å². The molecule has 0 atom stereocenters. The first kappa shape index (κ1) is 23.2. The van der Waals surface area contributed by atoms with E-state index >= 15 is 0 Å². The number of nitrogens with one attached hydrogen (secondary N) is 1. The molecule has 0 heterocycles. The number of sulfone groups is 1. The first-order chi connectivity index (χ1) is 15.3. The van der Waals surface area contributed by atoms with Crippen LogP contribution >= 0.6 is 0 Å². The van der Waals surface area contributed by atoms with Gasteiger partial charge >= 0.3 is 0 Å². The summed E-state index contributed by atoms with van der Waals surface area (Å²) in [7, 11) is -3.46. The third-order valence-corrected chi connectivity index (χ3v) is 9.83. The highest BCUT2D eigenvalue weighted by atomic mass is 32.2. The number of fused-ring (bicyclic) bond motifs is 3. The molecule has 0 radical (unpaired) electrons. The van der Waals surface area contributed by atoms with Gasteiger partial charge in [-0.05, 0) is 87.5 Å². The predicted octanol–water partition coefficient (Wildman–Crippen LogP) is 3.66. The van der Waals surface area contributed by atoms with Gasteiger partial charge in [0.05, 0.1) is 17.0 Å². The third-order valence-electron chi connectivity index (χ3n) is 7.84. The monoisotopic (exact) mass is 464 g/mol. The van der Waals surface area contributed by atoms with E-state index in [2.05, 4.69) is 5.32 Å². The minimum Gasteiger partial charge on any atom is -0.489 e. The maximum Gasteiger partial charge on any atom is 0.226 e. The third kappa shape index (κ3) is 4.71. The van der Waals surface area contributed by atoms with Crippen LogP contribution in [0.1, 0.15) is 57.8 Å². The van der Waals surface area contributed by atoms with Crippen molar-refractivity contribution in [2.45, 2.75) is 68.7 Å². The lowest BCUT2D eigenvalue weighted by Gasteiger charge is -2.52. The summed E-state index contributed by atoms with van der Waals surface area (Å²) >= 11 is 0. The maximum absolute atomic E-state index is 13.2. The van der Waals surface area contributed by atoms with Crippen LogP contribution in [0.3, 0.4) is 0 Å². The van der Waals surface area contributed by atoms with Crippen LogP contribution in [0.4, 0.5) is 4.39 Å². The molecule has 0 aromatic heterocycles. The second-order valence-corrected chi connectivity index (χ2v) is 11.9. The molecule has 1 aromatic carbocycles.